The number of fused-ring (bicyclic) bond motifs is 1. The molecule has 0 unspecified atom stereocenters. The molecular formula is C16H16F3N3O. The van der Waals surface area contributed by atoms with E-state index in [1.807, 2.05) is 42.2 Å². The standard InChI is InChI=1S/C16H16F3N3O/c1-11-10-14(20-13-5-3-2-4-12(11)13)21-6-8-22(9-7-21)15(23)16(17,18)19/h2-5,10H,6-9H2,1H3. The smallest absolute Gasteiger partial charge is 0.353 e. The van der Waals surface area contributed by atoms with Gasteiger partial charge in [-0.15, -0.1) is 0 Å². The van der Waals surface area contributed by atoms with Crippen molar-refractivity contribution in [3.63, 3.8) is 0 Å². The first-order valence-electron chi connectivity index (χ1n) is 7.34. The lowest BCUT2D eigenvalue weighted by Crippen LogP contribution is -2.52. The van der Waals surface area contributed by atoms with E-state index >= 15 is 0 Å². The average molecular weight is 323 g/mol. The molecule has 0 atom stereocenters. The van der Waals surface area contributed by atoms with Gasteiger partial charge >= 0.3 is 12.1 Å². The van der Waals surface area contributed by atoms with E-state index in [9.17, 15) is 18.0 Å². The van der Waals surface area contributed by atoms with Crippen LogP contribution in [0.3, 0.4) is 0 Å². The summed E-state index contributed by atoms with van der Waals surface area (Å²) in [6, 6.07) is 9.68. The van der Waals surface area contributed by atoms with E-state index in [4.69, 9.17) is 0 Å². The summed E-state index contributed by atoms with van der Waals surface area (Å²) >= 11 is 0. The predicted octanol–water partition coefficient (Wildman–Crippen LogP) is 2.75. The molecule has 0 aliphatic carbocycles. The van der Waals surface area contributed by atoms with Crippen molar-refractivity contribution in [3.05, 3.63) is 35.9 Å². The van der Waals surface area contributed by atoms with E-state index in [2.05, 4.69) is 4.98 Å². The number of aromatic nitrogens is 1. The number of carbonyl (C=O) groups is 1. The van der Waals surface area contributed by atoms with Crippen LogP contribution in [-0.4, -0.2) is 48.1 Å². The van der Waals surface area contributed by atoms with E-state index in [0.717, 1.165) is 27.2 Å². The fraction of sp³-hybridized carbons (Fsp3) is 0.375. The molecule has 1 fully saturated rings. The van der Waals surface area contributed by atoms with Gasteiger partial charge in [-0.3, -0.25) is 4.79 Å². The fourth-order valence-electron chi connectivity index (χ4n) is 2.81. The van der Waals surface area contributed by atoms with Crippen LogP contribution >= 0.6 is 0 Å². The van der Waals surface area contributed by atoms with Gasteiger partial charge in [-0.05, 0) is 24.6 Å². The lowest BCUT2D eigenvalue weighted by molar-refractivity contribution is -0.185. The minimum absolute atomic E-state index is 0.0475. The molecule has 0 bridgehead atoms. The SMILES string of the molecule is Cc1cc(N2CCN(C(=O)C(F)(F)F)CC2)nc2ccccc12. The lowest BCUT2D eigenvalue weighted by Gasteiger charge is -2.35. The zero-order chi connectivity index (χ0) is 16.6. The Morgan fingerprint density at radius 3 is 2.43 bits per heavy atom. The third kappa shape index (κ3) is 3.09. The molecule has 0 radical (unpaired) electrons. The highest BCUT2D eigenvalue weighted by molar-refractivity contribution is 5.84. The van der Waals surface area contributed by atoms with Crippen molar-refractivity contribution in [3.8, 4) is 0 Å². The molecule has 7 heteroatoms. The number of aryl methyl sites for hydroxylation is 1. The van der Waals surface area contributed by atoms with Gasteiger partial charge in [0.15, 0.2) is 0 Å². The largest absolute Gasteiger partial charge is 0.471 e. The molecule has 23 heavy (non-hydrogen) atoms. The summed E-state index contributed by atoms with van der Waals surface area (Å²) < 4.78 is 37.4. The third-order valence-electron chi connectivity index (χ3n) is 4.04. The number of rotatable bonds is 1. The summed E-state index contributed by atoms with van der Waals surface area (Å²) in [4.78, 5) is 18.6. The second-order valence-corrected chi connectivity index (χ2v) is 5.59. The Balaban J connectivity index is 1.77. The van der Waals surface area contributed by atoms with Gasteiger partial charge in [0.1, 0.15) is 5.82 Å². The van der Waals surface area contributed by atoms with Gasteiger partial charge in [0.05, 0.1) is 5.52 Å². The molecule has 122 valence electrons. The maximum absolute atomic E-state index is 12.5. The fourth-order valence-corrected chi connectivity index (χ4v) is 2.81. The Hall–Kier alpha value is -2.31. The Labute approximate surface area is 131 Å². The Morgan fingerprint density at radius 2 is 1.78 bits per heavy atom. The molecule has 2 heterocycles. The molecule has 0 saturated carbocycles. The summed E-state index contributed by atoms with van der Waals surface area (Å²) in [5.41, 5.74) is 1.93. The maximum atomic E-state index is 12.5. The molecule has 1 aromatic carbocycles. The lowest BCUT2D eigenvalue weighted by atomic mass is 10.1. The summed E-state index contributed by atoms with van der Waals surface area (Å²) in [5.74, 6) is -1.03. The van der Waals surface area contributed by atoms with Crippen LogP contribution in [0.15, 0.2) is 30.3 Å². The number of piperazine rings is 1. The Morgan fingerprint density at radius 1 is 1.13 bits per heavy atom. The number of para-hydroxylation sites is 1. The summed E-state index contributed by atoms with van der Waals surface area (Å²) in [5, 5.41) is 1.06. The normalized spacial score (nSPS) is 16.0. The van der Waals surface area contributed by atoms with Crippen LogP contribution < -0.4 is 4.90 Å². The molecule has 0 N–H and O–H groups in total. The molecule has 1 aromatic heterocycles. The Bertz CT molecular complexity index is 737. The highest BCUT2D eigenvalue weighted by Gasteiger charge is 2.43. The molecule has 1 amide bonds. The number of pyridine rings is 1. The van der Waals surface area contributed by atoms with Gasteiger partial charge in [0, 0.05) is 31.6 Å². The number of anilines is 1. The van der Waals surface area contributed by atoms with Crippen LogP contribution in [0.5, 0.6) is 0 Å². The van der Waals surface area contributed by atoms with E-state index in [1.54, 1.807) is 0 Å². The number of amides is 1. The van der Waals surface area contributed by atoms with Crippen LogP contribution in [0.1, 0.15) is 5.56 Å². The maximum Gasteiger partial charge on any atom is 0.471 e. The van der Waals surface area contributed by atoms with E-state index in [1.165, 1.54) is 0 Å². The molecule has 1 saturated heterocycles. The Kier molecular flexibility index (Phi) is 3.87. The quantitative estimate of drug-likeness (QED) is 0.810. The summed E-state index contributed by atoms with van der Waals surface area (Å²) in [6.07, 6.45) is -4.81. The molecule has 2 aromatic rings. The molecule has 0 spiro atoms. The highest BCUT2D eigenvalue weighted by Crippen LogP contribution is 2.24. The monoisotopic (exact) mass is 323 g/mol. The van der Waals surface area contributed by atoms with Crippen molar-refractivity contribution in [2.75, 3.05) is 31.1 Å². The number of hydrogen-bond acceptors (Lipinski definition) is 3. The number of halogens is 3. The second-order valence-electron chi connectivity index (χ2n) is 5.59. The third-order valence-corrected chi connectivity index (χ3v) is 4.04. The van der Waals surface area contributed by atoms with Crippen LogP contribution in [0, 0.1) is 6.92 Å². The zero-order valence-electron chi connectivity index (χ0n) is 12.6. The molecule has 4 nitrogen and oxygen atoms in total. The van der Waals surface area contributed by atoms with Gasteiger partial charge in [0.2, 0.25) is 0 Å². The van der Waals surface area contributed by atoms with Gasteiger partial charge < -0.3 is 9.80 Å². The van der Waals surface area contributed by atoms with E-state index in [0.29, 0.717) is 13.1 Å². The second kappa shape index (κ2) is 5.72. The van der Waals surface area contributed by atoms with Crippen molar-refractivity contribution in [2.24, 2.45) is 0 Å². The molecule has 1 aliphatic rings. The molecular weight excluding hydrogens is 307 g/mol. The number of nitrogens with zero attached hydrogens (tertiary/aromatic N) is 3. The number of hydrogen-bond donors (Lipinski definition) is 0. The van der Waals surface area contributed by atoms with Crippen molar-refractivity contribution in [1.82, 2.24) is 9.88 Å². The van der Waals surface area contributed by atoms with Gasteiger partial charge in [0.25, 0.3) is 0 Å². The molecule has 3 rings (SSSR count). The molecule has 1 aliphatic heterocycles. The zero-order valence-corrected chi connectivity index (χ0v) is 12.6. The van der Waals surface area contributed by atoms with Gasteiger partial charge in [-0.1, -0.05) is 18.2 Å². The van der Waals surface area contributed by atoms with Crippen molar-refractivity contribution in [2.45, 2.75) is 13.1 Å². The van der Waals surface area contributed by atoms with E-state index in [-0.39, 0.29) is 13.1 Å². The first kappa shape index (κ1) is 15.6. The highest BCUT2D eigenvalue weighted by atomic mass is 19.4. The number of alkyl halides is 3. The predicted molar refractivity (Wildman–Crippen MR) is 81.3 cm³/mol. The summed E-state index contributed by atoms with van der Waals surface area (Å²) in [7, 11) is 0. The van der Waals surface area contributed by atoms with Gasteiger partial charge in [-0.2, -0.15) is 13.2 Å². The average Bonchev–Trinajstić information content (AvgIpc) is 2.53. The van der Waals surface area contributed by atoms with Crippen LogP contribution in [0.4, 0.5) is 19.0 Å². The summed E-state index contributed by atoms with van der Waals surface area (Å²) in [6.45, 7) is 2.76. The number of carbonyl (C=O) groups excluding carboxylic acids is 1. The minimum Gasteiger partial charge on any atom is -0.353 e. The van der Waals surface area contributed by atoms with Crippen molar-refractivity contribution < 1.29 is 18.0 Å². The minimum atomic E-state index is -4.81. The van der Waals surface area contributed by atoms with Crippen LogP contribution in [0.25, 0.3) is 10.9 Å². The topological polar surface area (TPSA) is 36.4 Å². The van der Waals surface area contributed by atoms with Gasteiger partial charge in [-0.25, -0.2) is 4.98 Å². The van der Waals surface area contributed by atoms with Crippen LogP contribution in [0.2, 0.25) is 0 Å². The van der Waals surface area contributed by atoms with E-state index < -0.39 is 12.1 Å². The first-order valence-corrected chi connectivity index (χ1v) is 7.34. The number of benzene rings is 1. The van der Waals surface area contributed by atoms with Crippen molar-refractivity contribution in [1.29, 1.82) is 0 Å². The first-order chi connectivity index (χ1) is 10.9. The van der Waals surface area contributed by atoms with Crippen LogP contribution in [-0.2, 0) is 4.79 Å². The van der Waals surface area contributed by atoms with Crippen molar-refractivity contribution >= 4 is 22.6 Å².